The number of rotatable bonds is 8. The molecule has 1 amide bonds. The molecular weight excluding hydrogens is 434 g/mol. The lowest BCUT2D eigenvalue weighted by atomic mass is 10.2. The summed E-state index contributed by atoms with van der Waals surface area (Å²) in [7, 11) is -3.49. The van der Waals surface area contributed by atoms with Crippen molar-refractivity contribution >= 4 is 33.4 Å². The molecule has 0 radical (unpaired) electrons. The van der Waals surface area contributed by atoms with Gasteiger partial charge in [-0.15, -0.1) is 10.2 Å². The van der Waals surface area contributed by atoms with Crippen molar-refractivity contribution in [2.45, 2.75) is 68.0 Å². The molecule has 1 aliphatic heterocycles. The molecule has 2 fully saturated rings. The highest BCUT2D eigenvalue weighted by Gasteiger charge is 2.30. The summed E-state index contributed by atoms with van der Waals surface area (Å²) in [4.78, 5) is 12.7. The number of nitrogens with zero attached hydrogens (tertiary/aromatic N) is 4. The Hall–Kier alpha value is -1.91. The van der Waals surface area contributed by atoms with Gasteiger partial charge in [0.05, 0.1) is 10.6 Å². The first-order valence-corrected chi connectivity index (χ1v) is 13.4. The number of aromatic nitrogens is 3. The van der Waals surface area contributed by atoms with Crippen LogP contribution in [0.25, 0.3) is 0 Å². The Morgan fingerprint density at radius 3 is 2.39 bits per heavy atom. The van der Waals surface area contributed by atoms with E-state index in [1.54, 1.807) is 28.6 Å². The quantitative estimate of drug-likeness (QED) is 0.602. The Morgan fingerprint density at radius 2 is 1.77 bits per heavy atom. The molecule has 31 heavy (non-hydrogen) atoms. The molecule has 10 heteroatoms. The minimum atomic E-state index is -3.49. The number of carbonyl (C=O) groups excluding carboxylic acids is 1. The molecule has 1 saturated carbocycles. The number of amides is 1. The van der Waals surface area contributed by atoms with Crippen LogP contribution >= 0.6 is 11.8 Å². The first-order chi connectivity index (χ1) is 15.0. The molecule has 0 atom stereocenters. The summed E-state index contributed by atoms with van der Waals surface area (Å²) < 4.78 is 29.4. The fourth-order valence-corrected chi connectivity index (χ4v) is 6.14. The Labute approximate surface area is 187 Å². The lowest BCUT2D eigenvalue weighted by Gasteiger charge is -2.20. The minimum Gasteiger partial charge on any atom is -0.325 e. The van der Waals surface area contributed by atoms with Gasteiger partial charge in [0, 0.05) is 31.2 Å². The van der Waals surface area contributed by atoms with Gasteiger partial charge in [0.25, 0.3) is 0 Å². The zero-order valence-electron chi connectivity index (χ0n) is 17.8. The predicted molar refractivity (Wildman–Crippen MR) is 121 cm³/mol. The van der Waals surface area contributed by atoms with Gasteiger partial charge in [0.1, 0.15) is 5.82 Å². The highest BCUT2D eigenvalue weighted by atomic mass is 32.2. The third kappa shape index (κ3) is 5.30. The van der Waals surface area contributed by atoms with E-state index in [4.69, 9.17) is 0 Å². The van der Waals surface area contributed by atoms with E-state index in [0.29, 0.717) is 24.7 Å². The SMILES string of the molecule is CCn1c(SCC(=O)Nc2ccc(S(=O)(=O)N3CCCCCC3)cc2)nnc1C1CC1. The summed E-state index contributed by atoms with van der Waals surface area (Å²) in [6.07, 6.45) is 6.27. The van der Waals surface area contributed by atoms with E-state index < -0.39 is 10.0 Å². The van der Waals surface area contributed by atoms with Crippen LogP contribution in [0.2, 0.25) is 0 Å². The van der Waals surface area contributed by atoms with Gasteiger partial charge in [-0.1, -0.05) is 24.6 Å². The molecule has 0 unspecified atom stereocenters. The second-order valence-electron chi connectivity index (χ2n) is 8.04. The molecule has 8 nitrogen and oxygen atoms in total. The predicted octanol–water partition coefficient (Wildman–Crippen LogP) is 3.47. The van der Waals surface area contributed by atoms with E-state index in [1.807, 2.05) is 0 Å². The van der Waals surface area contributed by atoms with Gasteiger partial charge in [-0.05, 0) is 56.9 Å². The van der Waals surface area contributed by atoms with Crippen molar-refractivity contribution in [1.82, 2.24) is 19.1 Å². The third-order valence-electron chi connectivity index (χ3n) is 5.68. The normalized spacial score (nSPS) is 18.0. The van der Waals surface area contributed by atoms with Crippen molar-refractivity contribution in [1.29, 1.82) is 0 Å². The average Bonchev–Trinajstić information content (AvgIpc) is 3.57. The number of hydrogen-bond acceptors (Lipinski definition) is 6. The van der Waals surface area contributed by atoms with Crippen LogP contribution in [0.5, 0.6) is 0 Å². The number of hydrogen-bond donors (Lipinski definition) is 1. The maximum Gasteiger partial charge on any atom is 0.243 e. The van der Waals surface area contributed by atoms with Crippen molar-refractivity contribution in [3.05, 3.63) is 30.1 Å². The number of carbonyl (C=O) groups is 1. The minimum absolute atomic E-state index is 0.160. The van der Waals surface area contributed by atoms with E-state index in [-0.39, 0.29) is 16.6 Å². The number of nitrogens with one attached hydrogen (secondary N) is 1. The van der Waals surface area contributed by atoms with Crippen LogP contribution in [0.3, 0.4) is 0 Å². The maximum atomic E-state index is 12.9. The molecule has 1 aromatic heterocycles. The molecule has 1 N–H and O–H groups in total. The summed E-state index contributed by atoms with van der Waals surface area (Å²) in [6, 6.07) is 6.43. The molecule has 2 aromatic rings. The first-order valence-electron chi connectivity index (χ1n) is 10.9. The molecule has 168 valence electrons. The summed E-state index contributed by atoms with van der Waals surface area (Å²) in [5, 5.41) is 12.1. The van der Waals surface area contributed by atoms with Gasteiger partial charge in [-0.2, -0.15) is 4.31 Å². The van der Waals surface area contributed by atoms with E-state index in [1.165, 1.54) is 11.8 Å². The lowest BCUT2D eigenvalue weighted by molar-refractivity contribution is -0.113. The fraction of sp³-hybridized carbons (Fsp3) is 0.571. The average molecular weight is 464 g/mol. The monoisotopic (exact) mass is 463 g/mol. The zero-order valence-corrected chi connectivity index (χ0v) is 19.4. The smallest absolute Gasteiger partial charge is 0.243 e. The van der Waals surface area contributed by atoms with E-state index in [2.05, 4.69) is 27.0 Å². The molecule has 0 spiro atoms. The summed E-state index contributed by atoms with van der Waals surface area (Å²) in [6.45, 7) is 3.99. The van der Waals surface area contributed by atoms with Crippen molar-refractivity contribution in [3.8, 4) is 0 Å². The van der Waals surface area contributed by atoms with Crippen LogP contribution in [0.15, 0.2) is 34.3 Å². The van der Waals surface area contributed by atoms with Crippen LogP contribution in [-0.2, 0) is 21.4 Å². The molecule has 2 aliphatic rings. The van der Waals surface area contributed by atoms with E-state index in [0.717, 1.165) is 56.1 Å². The number of benzene rings is 1. The molecule has 0 bridgehead atoms. The second-order valence-corrected chi connectivity index (χ2v) is 10.9. The zero-order chi connectivity index (χ0) is 21.8. The number of thioether (sulfide) groups is 1. The van der Waals surface area contributed by atoms with Gasteiger partial charge in [0.15, 0.2) is 5.16 Å². The summed E-state index contributed by atoms with van der Waals surface area (Å²) in [5.74, 6) is 1.59. The lowest BCUT2D eigenvalue weighted by Crippen LogP contribution is -2.31. The standard InChI is InChI=1S/C21H29N5O3S2/c1-2-26-20(16-7-8-16)23-24-21(26)30-15-19(27)22-17-9-11-18(12-10-17)31(28,29)25-13-5-3-4-6-14-25/h9-12,16H,2-8,13-15H2,1H3,(H,22,27). The largest absolute Gasteiger partial charge is 0.325 e. The highest BCUT2D eigenvalue weighted by Crippen LogP contribution is 2.40. The molecule has 2 heterocycles. The van der Waals surface area contributed by atoms with Crippen molar-refractivity contribution in [2.75, 3.05) is 24.2 Å². The van der Waals surface area contributed by atoms with Gasteiger partial charge >= 0.3 is 0 Å². The summed E-state index contributed by atoms with van der Waals surface area (Å²) >= 11 is 1.37. The summed E-state index contributed by atoms with van der Waals surface area (Å²) in [5.41, 5.74) is 0.580. The Kier molecular flexibility index (Phi) is 6.98. The Morgan fingerprint density at radius 1 is 1.10 bits per heavy atom. The van der Waals surface area contributed by atoms with Crippen LogP contribution in [0.4, 0.5) is 5.69 Å². The first kappa shape index (κ1) is 22.3. The maximum absolute atomic E-state index is 12.9. The number of sulfonamides is 1. The molecule has 1 saturated heterocycles. The number of anilines is 1. The van der Waals surface area contributed by atoms with Gasteiger partial charge < -0.3 is 9.88 Å². The second kappa shape index (κ2) is 9.70. The van der Waals surface area contributed by atoms with E-state index >= 15 is 0 Å². The van der Waals surface area contributed by atoms with Crippen LogP contribution < -0.4 is 5.32 Å². The molecular formula is C21H29N5O3S2. The Bertz CT molecular complexity index is 1010. The molecule has 4 rings (SSSR count). The van der Waals surface area contributed by atoms with Crippen molar-refractivity contribution in [2.24, 2.45) is 0 Å². The molecule has 1 aromatic carbocycles. The molecule has 1 aliphatic carbocycles. The third-order valence-corrected chi connectivity index (χ3v) is 8.56. The van der Waals surface area contributed by atoms with Gasteiger partial charge in [-0.25, -0.2) is 8.42 Å². The van der Waals surface area contributed by atoms with Gasteiger partial charge in [-0.3, -0.25) is 4.79 Å². The van der Waals surface area contributed by atoms with Gasteiger partial charge in [0.2, 0.25) is 15.9 Å². The van der Waals surface area contributed by atoms with Crippen LogP contribution in [0, 0.1) is 0 Å². The van der Waals surface area contributed by atoms with Crippen LogP contribution in [0.1, 0.15) is 57.2 Å². The van der Waals surface area contributed by atoms with Crippen molar-refractivity contribution < 1.29 is 13.2 Å². The van der Waals surface area contributed by atoms with Crippen molar-refractivity contribution in [3.63, 3.8) is 0 Å². The van der Waals surface area contributed by atoms with E-state index in [9.17, 15) is 13.2 Å². The highest BCUT2D eigenvalue weighted by molar-refractivity contribution is 7.99. The van der Waals surface area contributed by atoms with Crippen LogP contribution in [-0.4, -0.2) is 52.2 Å². The Balaban J connectivity index is 1.34. The fourth-order valence-electron chi connectivity index (χ4n) is 3.82. The topological polar surface area (TPSA) is 97.2 Å².